The summed E-state index contributed by atoms with van der Waals surface area (Å²) in [6.07, 6.45) is 9.46. The summed E-state index contributed by atoms with van der Waals surface area (Å²) in [5.41, 5.74) is 29.0. The summed E-state index contributed by atoms with van der Waals surface area (Å²) in [5.74, 6) is 2.02. The summed E-state index contributed by atoms with van der Waals surface area (Å²) in [4.78, 5) is 9.09. The Labute approximate surface area is 620 Å². The smallest absolute Gasteiger partial charge is 0.244 e. The highest BCUT2D eigenvalue weighted by Crippen LogP contribution is 2.44. The van der Waals surface area contributed by atoms with Crippen LogP contribution >= 0.6 is 0 Å². The zero-order valence-corrected chi connectivity index (χ0v) is 59.7. The molecule has 0 saturated carbocycles. The Morgan fingerprint density at radius 3 is 1.36 bits per heavy atom. The van der Waals surface area contributed by atoms with Gasteiger partial charge in [-0.25, -0.2) is 9.83 Å². The molecule has 0 N–H and O–H groups in total. The summed E-state index contributed by atoms with van der Waals surface area (Å²) in [5, 5.41) is 2.17. The monoisotopic (exact) mass is 1360 g/mol. The van der Waals surface area contributed by atoms with Gasteiger partial charge in [-0.3, -0.25) is 4.57 Å². The van der Waals surface area contributed by atoms with Crippen molar-refractivity contribution in [3.8, 4) is 123 Å². The number of hydrogen-bond donors (Lipinski definition) is 0. The Balaban J connectivity index is 0.692. The van der Waals surface area contributed by atoms with Gasteiger partial charge in [0.2, 0.25) is 6.33 Å². The third-order valence-corrected chi connectivity index (χ3v) is 20.6. The highest BCUT2D eigenvalue weighted by Gasteiger charge is 2.23. The first-order valence-electron chi connectivity index (χ1n) is 36.7. The van der Waals surface area contributed by atoms with E-state index in [1.54, 1.807) is 0 Å². The van der Waals surface area contributed by atoms with Gasteiger partial charge in [0.1, 0.15) is 17.3 Å². The van der Waals surface area contributed by atoms with Gasteiger partial charge in [0.15, 0.2) is 5.69 Å². The Hall–Kier alpha value is -13.2. The van der Waals surface area contributed by atoms with Gasteiger partial charge < -0.3 is 13.9 Å². The van der Waals surface area contributed by atoms with Crippen molar-refractivity contribution < 1.29 is 9.30 Å². The molecule has 0 fully saturated rings. The van der Waals surface area contributed by atoms with Crippen molar-refractivity contribution in [2.24, 2.45) is 0 Å². The van der Waals surface area contributed by atoms with E-state index in [1.807, 2.05) is 30.5 Å². The molecular weight excluding hydrogens is 1290 g/mol. The Morgan fingerprint density at radius 2 is 0.858 bits per heavy atom. The zero-order chi connectivity index (χ0) is 71.5. The predicted molar refractivity (Wildman–Crippen MR) is 439 cm³/mol. The molecule has 508 valence electrons. The number of pyridine rings is 1. The molecule has 0 atom stereocenters. The third-order valence-electron chi connectivity index (χ3n) is 20.6. The molecule has 3 aromatic heterocycles. The van der Waals surface area contributed by atoms with Crippen LogP contribution in [0, 0.1) is 12.9 Å². The highest BCUT2D eigenvalue weighted by molar-refractivity contribution is 6.11. The molecule has 0 spiro atoms. The van der Waals surface area contributed by atoms with Gasteiger partial charge in [0.25, 0.3) is 0 Å². The van der Waals surface area contributed by atoms with Crippen molar-refractivity contribution in [1.29, 1.82) is 0 Å². The number of aromatic nitrogens is 4. The largest absolute Gasteiger partial charge is 0.459 e. The van der Waals surface area contributed by atoms with Gasteiger partial charge in [0.05, 0.1) is 35.2 Å². The first-order valence-corrected chi connectivity index (χ1v) is 36.7. The van der Waals surface area contributed by atoms with E-state index in [1.165, 1.54) is 89.0 Å². The molecule has 0 bridgehead atoms. The van der Waals surface area contributed by atoms with Crippen LogP contribution in [-0.4, -0.2) is 14.1 Å². The first kappa shape index (κ1) is 66.1. The number of unbranched alkanes of at least 4 members (excludes halogenated alkanes) is 2. The molecule has 0 aliphatic heterocycles. The standard InChI is InChI=1S/C100H77N5O/c1-100(2,3)85-50-51-102-99(63-85)105-95-49-46-75(82-56-76(69-29-12-5-13-30-69)53-77(57-82)70-31-14-6-15-32-70)62-94(95)93-48-47-88(67-98(93)105)106-89-65-86(101-4)64-87(66-89)104-68-103(96-44-25-26-45-97(96)104)52-27-11-24-41-92-90(83-58-78(71-33-16-7-17-34-71)54-79(59-83)72-35-18-8-19-36-72)42-28-43-91(92)84-60-80(73-37-20-9-21-38-73)55-81(61-84)74-39-22-10-23-40-74/h5-10,12-23,25-26,28-40,42-51,53-67H,11,24,27,41,52H2,1-3H3. The van der Waals surface area contributed by atoms with E-state index < -0.39 is 0 Å². The number of ether oxygens (including phenoxy) is 1. The number of nitrogens with zero attached hydrogens (tertiary/aromatic N) is 5. The molecule has 6 nitrogen and oxygen atoms in total. The van der Waals surface area contributed by atoms with Crippen LogP contribution in [0.1, 0.15) is 51.2 Å². The van der Waals surface area contributed by atoms with Gasteiger partial charge in [-0.1, -0.05) is 257 Å². The molecule has 0 saturated heterocycles. The van der Waals surface area contributed by atoms with Crippen LogP contribution in [-0.2, 0) is 18.4 Å². The number of benzene rings is 14. The Morgan fingerprint density at radius 1 is 0.377 bits per heavy atom. The van der Waals surface area contributed by atoms with Crippen molar-refractivity contribution in [3.05, 3.63) is 381 Å². The summed E-state index contributed by atoms with van der Waals surface area (Å²) in [7, 11) is 0. The molecule has 0 aliphatic rings. The van der Waals surface area contributed by atoms with E-state index in [4.69, 9.17) is 16.3 Å². The van der Waals surface area contributed by atoms with Gasteiger partial charge >= 0.3 is 0 Å². The van der Waals surface area contributed by atoms with Gasteiger partial charge in [0, 0.05) is 28.7 Å². The van der Waals surface area contributed by atoms with Crippen molar-refractivity contribution in [2.75, 3.05) is 0 Å². The van der Waals surface area contributed by atoms with E-state index in [0.717, 1.165) is 98.8 Å². The maximum atomic E-state index is 8.42. The fourth-order valence-corrected chi connectivity index (χ4v) is 15.2. The number of para-hydroxylation sites is 2. The molecule has 0 radical (unpaired) electrons. The number of aryl methyl sites for hydroxylation is 1. The van der Waals surface area contributed by atoms with Crippen LogP contribution in [0.3, 0.4) is 0 Å². The lowest BCUT2D eigenvalue weighted by Crippen LogP contribution is -2.32. The average Bonchev–Trinajstić information content (AvgIpc) is 1.56. The van der Waals surface area contributed by atoms with Gasteiger partial charge in [-0.05, 0) is 245 Å². The van der Waals surface area contributed by atoms with Crippen LogP contribution in [0.2, 0.25) is 0 Å². The van der Waals surface area contributed by atoms with E-state index in [-0.39, 0.29) is 5.41 Å². The van der Waals surface area contributed by atoms with Crippen molar-refractivity contribution in [2.45, 2.75) is 58.4 Å². The molecule has 17 aromatic rings. The second-order valence-corrected chi connectivity index (χ2v) is 28.6. The summed E-state index contributed by atoms with van der Waals surface area (Å²) in [6, 6.07) is 124. The Bertz CT molecular complexity index is 5790. The molecular formula is C100H77N5O. The fourth-order valence-electron chi connectivity index (χ4n) is 15.2. The lowest BCUT2D eigenvalue weighted by atomic mass is 9.85. The minimum atomic E-state index is -0.108. The van der Waals surface area contributed by atoms with Crippen LogP contribution in [0.4, 0.5) is 5.69 Å². The molecule has 3 heterocycles. The minimum absolute atomic E-state index is 0.108. The molecule has 106 heavy (non-hydrogen) atoms. The summed E-state index contributed by atoms with van der Waals surface area (Å²) in [6.45, 7) is 15.9. The number of imidazole rings is 1. The topological polar surface area (TPSA) is 40.2 Å². The fraction of sp³-hybridized carbons (Fsp3) is 0.0900. The van der Waals surface area contributed by atoms with Crippen molar-refractivity contribution in [3.63, 3.8) is 0 Å². The molecule has 0 aliphatic carbocycles. The number of rotatable bonds is 19. The highest BCUT2D eigenvalue weighted by atomic mass is 16.5. The summed E-state index contributed by atoms with van der Waals surface area (Å²) < 4.78 is 13.6. The van der Waals surface area contributed by atoms with Crippen molar-refractivity contribution in [1.82, 2.24) is 14.1 Å². The summed E-state index contributed by atoms with van der Waals surface area (Å²) >= 11 is 0. The molecule has 14 aromatic carbocycles. The van der Waals surface area contributed by atoms with Crippen LogP contribution in [0.15, 0.2) is 352 Å². The second kappa shape index (κ2) is 28.9. The SMILES string of the molecule is [C-]#[N+]c1cc(Oc2ccc3c4cc(-c5cc(-c6ccccc6)cc(-c6ccccc6)c5)ccc4n(-c4cc(C(C)(C)C)ccn4)c3c2)cc(-n2[c-][n+](CCCCCc3c(-c4cc(-c5ccccc5)cc(-c5ccccc5)c4)cccc3-c3cc(-c4ccccc4)cc(-c4ccccc4)c3)c3ccccc32)c1. The quantitative estimate of drug-likeness (QED) is 0.0460. The average molecular weight is 1360 g/mol. The molecule has 6 heteroatoms. The van der Waals surface area contributed by atoms with E-state index in [9.17, 15) is 0 Å². The normalized spacial score (nSPS) is 11.5. The lowest BCUT2D eigenvalue weighted by Gasteiger charge is -2.20. The second-order valence-electron chi connectivity index (χ2n) is 28.6. The maximum Gasteiger partial charge on any atom is 0.244 e. The third kappa shape index (κ3) is 13.6. The lowest BCUT2D eigenvalue weighted by molar-refractivity contribution is -0.676. The van der Waals surface area contributed by atoms with E-state index in [0.29, 0.717) is 17.2 Å². The van der Waals surface area contributed by atoms with E-state index >= 15 is 0 Å². The first-order chi connectivity index (χ1) is 52.1. The zero-order valence-electron chi connectivity index (χ0n) is 59.7. The number of fused-ring (bicyclic) bond motifs is 4. The van der Waals surface area contributed by atoms with Gasteiger partial charge in [-0.15, -0.1) is 0 Å². The molecule has 17 rings (SSSR count). The van der Waals surface area contributed by atoms with Crippen LogP contribution in [0.25, 0.3) is 149 Å². The molecule has 0 amide bonds. The minimum Gasteiger partial charge on any atom is -0.459 e. The van der Waals surface area contributed by atoms with Crippen molar-refractivity contribution >= 4 is 38.5 Å². The van der Waals surface area contributed by atoms with E-state index in [2.05, 4.69) is 367 Å². The maximum absolute atomic E-state index is 8.42. The molecule has 0 unspecified atom stereocenters. The Kier molecular flexibility index (Phi) is 18.0. The van der Waals surface area contributed by atoms with Crippen LogP contribution < -0.4 is 9.30 Å². The number of hydrogen-bond acceptors (Lipinski definition) is 2. The van der Waals surface area contributed by atoms with Crippen LogP contribution in [0.5, 0.6) is 11.5 Å². The van der Waals surface area contributed by atoms with Gasteiger partial charge in [-0.2, -0.15) is 0 Å². The predicted octanol–water partition coefficient (Wildman–Crippen LogP) is 26.3.